The molecule has 0 saturated heterocycles. The molecule has 9 nitrogen and oxygen atoms in total. The monoisotopic (exact) mass is 590 g/mol. The van der Waals surface area contributed by atoms with Gasteiger partial charge in [0, 0.05) is 50.1 Å². The minimum Gasteiger partial charge on any atom is -0.339 e. The van der Waals surface area contributed by atoms with Crippen molar-refractivity contribution in [3.8, 4) is 0 Å². The van der Waals surface area contributed by atoms with Gasteiger partial charge in [-0.05, 0) is 55.5 Å². The molecule has 1 aliphatic rings. The van der Waals surface area contributed by atoms with Gasteiger partial charge in [0.2, 0.25) is 15.9 Å². The van der Waals surface area contributed by atoms with Gasteiger partial charge >= 0.3 is 0 Å². The molecule has 0 atom stereocenters. The highest BCUT2D eigenvalue weighted by Crippen LogP contribution is 2.38. The number of sulfonamides is 1. The third-order valence-electron chi connectivity index (χ3n) is 7.09. The molecule has 0 bridgehead atoms. The number of fused-ring (bicyclic) bond motifs is 1. The van der Waals surface area contributed by atoms with Gasteiger partial charge in [-0.3, -0.25) is 14.4 Å². The maximum Gasteiger partial charge on any atom is 0.257 e. The molecule has 11 heteroatoms. The zero-order valence-electron chi connectivity index (χ0n) is 24.3. The van der Waals surface area contributed by atoms with Gasteiger partial charge in [0.1, 0.15) is 5.00 Å². The average molecular weight is 591 g/mol. The van der Waals surface area contributed by atoms with E-state index in [9.17, 15) is 22.8 Å². The van der Waals surface area contributed by atoms with E-state index >= 15 is 0 Å². The molecule has 1 aromatic carbocycles. The second kappa shape index (κ2) is 14.2. The molecule has 220 valence electrons. The van der Waals surface area contributed by atoms with Gasteiger partial charge < -0.3 is 15.1 Å². The minimum atomic E-state index is -3.66. The Labute approximate surface area is 242 Å². The van der Waals surface area contributed by atoms with Crippen molar-refractivity contribution in [3.63, 3.8) is 0 Å². The average Bonchev–Trinajstić information content (AvgIpc) is 3.29. The number of carbonyl (C=O) groups is 3. The molecule has 3 amide bonds. The number of thiophene rings is 1. The molecular formula is C29H42N4O5S2. The van der Waals surface area contributed by atoms with Crippen molar-refractivity contribution >= 4 is 44.1 Å². The van der Waals surface area contributed by atoms with E-state index in [1.165, 1.54) is 46.8 Å². The van der Waals surface area contributed by atoms with Crippen LogP contribution in [0.3, 0.4) is 0 Å². The van der Waals surface area contributed by atoms with Gasteiger partial charge in [-0.15, -0.1) is 11.3 Å². The molecule has 0 unspecified atom stereocenters. The number of carbonyl (C=O) groups excluding carboxylic acids is 3. The minimum absolute atomic E-state index is 0.0255. The van der Waals surface area contributed by atoms with Crippen LogP contribution < -0.4 is 5.32 Å². The highest BCUT2D eigenvalue weighted by Gasteiger charge is 2.32. The van der Waals surface area contributed by atoms with Crippen LogP contribution >= 0.6 is 11.3 Å². The Hall–Kier alpha value is -2.76. The summed E-state index contributed by atoms with van der Waals surface area (Å²) in [7, 11) is -3.66. The molecule has 2 heterocycles. The maximum atomic E-state index is 13.8. The van der Waals surface area contributed by atoms with E-state index in [-0.39, 0.29) is 16.7 Å². The van der Waals surface area contributed by atoms with Gasteiger partial charge in [0.05, 0.1) is 17.0 Å². The fraction of sp³-hybridized carbons (Fsp3) is 0.552. The lowest BCUT2D eigenvalue weighted by atomic mass is 10.0. The summed E-state index contributed by atoms with van der Waals surface area (Å²) in [6.45, 7) is 12.4. The number of hydrogen-bond donors (Lipinski definition) is 1. The first-order valence-corrected chi connectivity index (χ1v) is 16.4. The van der Waals surface area contributed by atoms with Gasteiger partial charge in [0.15, 0.2) is 0 Å². The number of unbranched alkanes of at least 4 members (excludes halogenated alkanes) is 1. The Morgan fingerprint density at radius 2 is 1.62 bits per heavy atom. The van der Waals surface area contributed by atoms with Crippen molar-refractivity contribution in [2.45, 2.75) is 78.2 Å². The highest BCUT2D eigenvalue weighted by atomic mass is 32.2. The summed E-state index contributed by atoms with van der Waals surface area (Å²) >= 11 is 1.33. The van der Waals surface area contributed by atoms with Crippen molar-refractivity contribution in [1.82, 2.24) is 14.1 Å². The van der Waals surface area contributed by atoms with Crippen LogP contribution in [0.15, 0.2) is 29.2 Å². The largest absolute Gasteiger partial charge is 0.339 e. The number of amides is 3. The van der Waals surface area contributed by atoms with Crippen LogP contribution in [0.25, 0.3) is 0 Å². The molecule has 3 rings (SSSR count). The second-order valence-electron chi connectivity index (χ2n) is 10.0. The Morgan fingerprint density at radius 1 is 0.975 bits per heavy atom. The lowest BCUT2D eigenvalue weighted by Gasteiger charge is -2.27. The van der Waals surface area contributed by atoms with E-state index in [2.05, 4.69) is 5.32 Å². The fourth-order valence-corrected chi connectivity index (χ4v) is 7.62. The van der Waals surface area contributed by atoms with Gasteiger partial charge in [-0.2, -0.15) is 4.31 Å². The number of anilines is 1. The molecule has 1 N–H and O–H groups in total. The first-order chi connectivity index (χ1) is 19.1. The van der Waals surface area contributed by atoms with Crippen molar-refractivity contribution in [2.24, 2.45) is 0 Å². The Bertz CT molecular complexity index is 1300. The Balaban J connectivity index is 1.91. The molecule has 0 saturated carbocycles. The predicted octanol–water partition coefficient (Wildman–Crippen LogP) is 4.98. The topological polar surface area (TPSA) is 107 Å². The number of rotatable bonds is 13. The quantitative estimate of drug-likeness (QED) is 0.354. The summed E-state index contributed by atoms with van der Waals surface area (Å²) in [5.74, 6) is -0.556. The number of hydrogen-bond acceptors (Lipinski definition) is 6. The van der Waals surface area contributed by atoms with E-state index in [1.807, 2.05) is 32.6 Å². The van der Waals surface area contributed by atoms with E-state index in [0.29, 0.717) is 61.8 Å². The smallest absolute Gasteiger partial charge is 0.257 e. The summed E-state index contributed by atoms with van der Waals surface area (Å²) in [6.07, 6.45) is 3.86. The van der Waals surface area contributed by atoms with Gasteiger partial charge in [-0.1, -0.05) is 34.1 Å². The van der Waals surface area contributed by atoms with E-state index in [0.717, 1.165) is 36.1 Å². The third-order valence-corrected chi connectivity index (χ3v) is 10.2. The van der Waals surface area contributed by atoms with Crippen LogP contribution in [0.2, 0.25) is 0 Å². The lowest BCUT2D eigenvalue weighted by Crippen LogP contribution is -2.36. The SMILES string of the molecule is CCCCN(CC)S(=O)(=O)c1ccc(C(=O)Nc2sc3c(c2C(=O)N(CCC)CCC)CCN(C(C)=O)C3)cc1. The van der Waals surface area contributed by atoms with E-state index < -0.39 is 15.9 Å². The number of benzene rings is 1. The van der Waals surface area contributed by atoms with Crippen molar-refractivity contribution < 1.29 is 22.8 Å². The first kappa shape index (κ1) is 31.8. The Kier molecular flexibility index (Phi) is 11.3. The van der Waals surface area contributed by atoms with Crippen LogP contribution in [-0.4, -0.2) is 73.0 Å². The summed E-state index contributed by atoms with van der Waals surface area (Å²) in [4.78, 5) is 43.7. The Morgan fingerprint density at radius 3 is 2.17 bits per heavy atom. The molecule has 0 spiro atoms. The van der Waals surface area contributed by atoms with Crippen molar-refractivity contribution in [3.05, 3.63) is 45.8 Å². The second-order valence-corrected chi connectivity index (χ2v) is 13.1. The zero-order valence-corrected chi connectivity index (χ0v) is 25.9. The maximum absolute atomic E-state index is 13.8. The predicted molar refractivity (Wildman–Crippen MR) is 159 cm³/mol. The first-order valence-electron chi connectivity index (χ1n) is 14.2. The highest BCUT2D eigenvalue weighted by molar-refractivity contribution is 7.89. The molecule has 1 aliphatic heterocycles. The van der Waals surface area contributed by atoms with E-state index in [1.54, 1.807) is 4.90 Å². The van der Waals surface area contributed by atoms with Crippen LogP contribution in [-0.2, 0) is 27.8 Å². The lowest BCUT2D eigenvalue weighted by molar-refractivity contribution is -0.129. The van der Waals surface area contributed by atoms with Gasteiger partial charge in [-0.25, -0.2) is 8.42 Å². The zero-order chi connectivity index (χ0) is 29.4. The summed E-state index contributed by atoms with van der Waals surface area (Å²) in [6, 6.07) is 5.92. The molecule has 0 radical (unpaired) electrons. The fourth-order valence-electron chi connectivity index (χ4n) is 4.88. The molecule has 0 aliphatic carbocycles. The molecule has 1 aromatic heterocycles. The van der Waals surface area contributed by atoms with Crippen LogP contribution in [0.5, 0.6) is 0 Å². The summed E-state index contributed by atoms with van der Waals surface area (Å²) in [5.41, 5.74) is 1.70. The number of nitrogens with one attached hydrogen (secondary N) is 1. The van der Waals surface area contributed by atoms with Crippen LogP contribution in [0.4, 0.5) is 5.00 Å². The molecule has 0 fully saturated rings. The van der Waals surface area contributed by atoms with Crippen molar-refractivity contribution in [1.29, 1.82) is 0 Å². The van der Waals surface area contributed by atoms with Crippen molar-refractivity contribution in [2.75, 3.05) is 38.0 Å². The number of nitrogens with zero attached hydrogens (tertiary/aromatic N) is 3. The van der Waals surface area contributed by atoms with Crippen LogP contribution in [0, 0.1) is 0 Å². The normalized spacial score (nSPS) is 13.3. The standard InChI is InChI=1S/C29H42N4O5S2/c1-6-10-18-33(9-4)40(37,38)23-13-11-22(12-14-23)27(35)30-28-26(29(36)31(16-7-2)17-8-3)24-15-19-32(21(5)34)20-25(24)39-28/h11-14H,6-10,15-20H2,1-5H3,(H,30,35). The third kappa shape index (κ3) is 7.11. The summed E-state index contributed by atoms with van der Waals surface area (Å²) in [5, 5.41) is 3.41. The van der Waals surface area contributed by atoms with Gasteiger partial charge in [0.25, 0.3) is 11.8 Å². The van der Waals surface area contributed by atoms with E-state index in [4.69, 9.17) is 0 Å². The van der Waals surface area contributed by atoms with Crippen LogP contribution in [0.1, 0.15) is 91.5 Å². The summed E-state index contributed by atoms with van der Waals surface area (Å²) < 4.78 is 27.6. The molecular weight excluding hydrogens is 548 g/mol. The molecule has 40 heavy (non-hydrogen) atoms. The molecule has 2 aromatic rings.